The number of H-pyrrole nitrogens is 1. The zero-order valence-electron chi connectivity index (χ0n) is 13.3. The summed E-state index contributed by atoms with van der Waals surface area (Å²) in [7, 11) is 0. The van der Waals surface area contributed by atoms with E-state index in [4.69, 9.17) is 0 Å². The van der Waals surface area contributed by atoms with Crippen LogP contribution in [0.3, 0.4) is 0 Å². The van der Waals surface area contributed by atoms with Crippen LogP contribution in [0.15, 0.2) is 30.5 Å². The molecule has 2 rings (SSSR count). The Labute approximate surface area is 126 Å². The van der Waals surface area contributed by atoms with Gasteiger partial charge in [0.1, 0.15) is 0 Å². The first kappa shape index (κ1) is 15.7. The quantitative estimate of drug-likeness (QED) is 0.859. The van der Waals surface area contributed by atoms with Crippen molar-refractivity contribution in [2.24, 2.45) is 0 Å². The number of rotatable bonds is 6. The number of benzene rings is 1. The Morgan fingerprint density at radius 3 is 2.67 bits per heavy atom. The maximum atomic E-state index is 9.66. The predicted octanol–water partition coefficient (Wildman–Crippen LogP) is 2.98. The molecule has 0 fully saturated rings. The normalized spacial score (nSPS) is 13.1. The molecule has 1 atom stereocenters. The monoisotopic (exact) mass is 287 g/mol. The molecule has 0 aliphatic rings. The van der Waals surface area contributed by atoms with Crippen LogP contribution >= 0.6 is 0 Å². The van der Waals surface area contributed by atoms with E-state index in [2.05, 4.69) is 60.1 Å². The van der Waals surface area contributed by atoms with Crippen LogP contribution in [0.5, 0.6) is 0 Å². The van der Waals surface area contributed by atoms with Crippen molar-refractivity contribution in [1.29, 1.82) is 0 Å². The van der Waals surface area contributed by atoms with E-state index in [1.54, 1.807) is 0 Å². The van der Waals surface area contributed by atoms with E-state index < -0.39 is 0 Å². The Hall–Kier alpha value is -1.65. The average molecular weight is 287 g/mol. The highest BCUT2D eigenvalue weighted by Crippen LogP contribution is 2.23. The van der Waals surface area contributed by atoms with Crippen LogP contribution in [0.2, 0.25) is 0 Å². The number of hydrogen-bond donors (Lipinski definition) is 2. The van der Waals surface area contributed by atoms with E-state index in [-0.39, 0.29) is 6.10 Å². The number of hydrogen-bond acceptors (Lipinski definition) is 3. The van der Waals surface area contributed by atoms with E-state index in [0.717, 1.165) is 23.4 Å². The van der Waals surface area contributed by atoms with Gasteiger partial charge in [-0.25, -0.2) is 0 Å². The smallest absolute Gasteiger partial charge is 0.0695 e. The molecule has 0 amide bonds. The van der Waals surface area contributed by atoms with E-state index >= 15 is 0 Å². The number of aliphatic hydroxyl groups is 1. The molecule has 0 spiro atoms. The summed E-state index contributed by atoms with van der Waals surface area (Å²) >= 11 is 0. The number of aryl methyl sites for hydroxylation is 1. The Bertz CT molecular complexity index is 575. The topological polar surface area (TPSA) is 52.2 Å². The minimum Gasteiger partial charge on any atom is -0.392 e. The fourth-order valence-corrected chi connectivity index (χ4v) is 2.50. The summed E-state index contributed by atoms with van der Waals surface area (Å²) < 4.78 is 0. The van der Waals surface area contributed by atoms with Gasteiger partial charge in [0.2, 0.25) is 0 Å². The summed E-state index contributed by atoms with van der Waals surface area (Å²) in [4.78, 5) is 2.26. The Kier molecular flexibility index (Phi) is 5.15. The number of aliphatic hydroxyl groups excluding tert-OH is 1. The number of aromatic amines is 1. The van der Waals surface area contributed by atoms with Crippen molar-refractivity contribution in [3.63, 3.8) is 0 Å². The summed E-state index contributed by atoms with van der Waals surface area (Å²) in [5, 5.41) is 17.0. The van der Waals surface area contributed by atoms with Gasteiger partial charge in [-0.2, -0.15) is 5.10 Å². The zero-order valence-corrected chi connectivity index (χ0v) is 13.3. The Morgan fingerprint density at radius 2 is 2.05 bits per heavy atom. The van der Waals surface area contributed by atoms with Crippen molar-refractivity contribution in [3.8, 4) is 11.3 Å². The largest absolute Gasteiger partial charge is 0.392 e. The summed E-state index contributed by atoms with van der Waals surface area (Å²) in [5.41, 5.74) is 4.62. The molecule has 114 valence electrons. The molecular formula is C17H25N3O. The van der Waals surface area contributed by atoms with E-state index in [1.807, 2.05) is 13.1 Å². The van der Waals surface area contributed by atoms with Crippen molar-refractivity contribution in [2.75, 3.05) is 6.54 Å². The maximum Gasteiger partial charge on any atom is 0.0695 e. The number of aromatic nitrogens is 2. The lowest BCUT2D eigenvalue weighted by Gasteiger charge is -2.27. The van der Waals surface area contributed by atoms with Crippen molar-refractivity contribution in [3.05, 3.63) is 41.6 Å². The van der Waals surface area contributed by atoms with E-state index in [9.17, 15) is 5.11 Å². The molecule has 0 aliphatic heterocycles. The third-order valence-electron chi connectivity index (χ3n) is 3.63. The minimum atomic E-state index is -0.332. The summed E-state index contributed by atoms with van der Waals surface area (Å²) in [6, 6.07) is 8.78. The number of nitrogens with one attached hydrogen (secondary N) is 1. The van der Waals surface area contributed by atoms with E-state index in [1.165, 1.54) is 5.56 Å². The third kappa shape index (κ3) is 4.16. The first-order valence-electron chi connectivity index (χ1n) is 7.48. The predicted molar refractivity (Wildman–Crippen MR) is 86.0 cm³/mol. The van der Waals surface area contributed by atoms with Gasteiger partial charge in [0, 0.05) is 30.3 Å². The second kappa shape index (κ2) is 6.87. The van der Waals surface area contributed by atoms with Crippen LogP contribution in [0.25, 0.3) is 11.3 Å². The standard InChI is InChI=1S/C17H25N3O/c1-12(2)20(10-14(4)21)11-16-9-18-19-17(16)15-7-5-6-13(3)8-15/h5-9,12,14,21H,10-11H2,1-4H3,(H,18,19). The van der Waals surface area contributed by atoms with Crippen molar-refractivity contribution >= 4 is 0 Å². The van der Waals surface area contributed by atoms with Crippen LogP contribution in [-0.4, -0.2) is 38.9 Å². The summed E-state index contributed by atoms with van der Waals surface area (Å²) in [6.45, 7) is 9.65. The minimum absolute atomic E-state index is 0.332. The molecule has 21 heavy (non-hydrogen) atoms. The second-order valence-corrected chi connectivity index (χ2v) is 6.01. The van der Waals surface area contributed by atoms with Crippen LogP contribution in [0.4, 0.5) is 0 Å². The lowest BCUT2D eigenvalue weighted by molar-refractivity contribution is 0.103. The molecule has 1 unspecified atom stereocenters. The molecule has 0 saturated carbocycles. The number of nitrogens with zero attached hydrogens (tertiary/aromatic N) is 2. The zero-order chi connectivity index (χ0) is 15.4. The van der Waals surface area contributed by atoms with Gasteiger partial charge in [0.25, 0.3) is 0 Å². The lowest BCUT2D eigenvalue weighted by Crippen LogP contribution is -2.36. The molecule has 1 aromatic carbocycles. The molecule has 0 bridgehead atoms. The van der Waals surface area contributed by atoms with Crippen LogP contribution in [0.1, 0.15) is 31.9 Å². The third-order valence-corrected chi connectivity index (χ3v) is 3.63. The molecule has 4 nitrogen and oxygen atoms in total. The first-order chi connectivity index (χ1) is 9.97. The fourth-order valence-electron chi connectivity index (χ4n) is 2.50. The molecule has 2 N–H and O–H groups in total. The summed E-state index contributed by atoms with van der Waals surface area (Å²) in [5.74, 6) is 0. The van der Waals surface area contributed by atoms with Gasteiger partial charge < -0.3 is 5.11 Å². The molecule has 4 heteroatoms. The van der Waals surface area contributed by atoms with Gasteiger partial charge in [-0.15, -0.1) is 0 Å². The SMILES string of the molecule is Cc1cccc(-c2[nH]ncc2CN(CC(C)O)C(C)C)c1. The molecule has 0 radical (unpaired) electrons. The fraction of sp³-hybridized carbons (Fsp3) is 0.471. The highest BCUT2D eigenvalue weighted by molar-refractivity contribution is 5.63. The van der Waals surface area contributed by atoms with Crippen molar-refractivity contribution in [1.82, 2.24) is 15.1 Å². The van der Waals surface area contributed by atoms with Crippen LogP contribution < -0.4 is 0 Å². The molecule has 1 heterocycles. The van der Waals surface area contributed by atoms with Gasteiger partial charge in [0.05, 0.1) is 18.0 Å². The lowest BCUT2D eigenvalue weighted by atomic mass is 10.0. The Morgan fingerprint density at radius 1 is 1.29 bits per heavy atom. The van der Waals surface area contributed by atoms with E-state index in [0.29, 0.717) is 12.6 Å². The van der Waals surface area contributed by atoms with Crippen molar-refractivity contribution < 1.29 is 5.11 Å². The molecule has 0 saturated heterocycles. The summed E-state index contributed by atoms with van der Waals surface area (Å²) in [6.07, 6.45) is 1.55. The molecule has 1 aromatic heterocycles. The van der Waals surface area contributed by atoms with Crippen LogP contribution in [-0.2, 0) is 6.54 Å². The van der Waals surface area contributed by atoms with Gasteiger partial charge in [-0.1, -0.05) is 23.8 Å². The maximum absolute atomic E-state index is 9.66. The Balaban J connectivity index is 2.23. The second-order valence-electron chi connectivity index (χ2n) is 6.01. The van der Waals surface area contributed by atoms with Gasteiger partial charge in [-0.3, -0.25) is 10.00 Å². The average Bonchev–Trinajstić information content (AvgIpc) is 2.85. The highest BCUT2D eigenvalue weighted by Gasteiger charge is 2.16. The molecular weight excluding hydrogens is 262 g/mol. The van der Waals surface area contributed by atoms with Crippen molar-refractivity contribution in [2.45, 2.75) is 46.4 Å². The van der Waals surface area contributed by atoms with Gasteiger partial charge in [0.15, 0.2) is 0 Å². The molecule has 2 aromatic rings. The van der Waals surface area contributed by atoms with Gasteiger partial charge in [-0.05, 0) is 33.8 Å². The first-order valence-corrected chi connectivity index (χ1v) is 7.48. The highest BCUT2D eigenvalue weighted by atomic mass is 16.3. The molecule has 0 aliphatic carbocycles. The van der Waals surface area contributed by atoms with Crippen LogP contribution in [0, 0.1) is 6.92 Å². The van der Waals surface area contributed by atoms with Gasteiger partial charge >= 0.3 is 0 Å².